The first-order valence-electron chi connectivity index (χ1n) is 8.23. The standard InChI is InChI=1S/C17H16F3N3O3S2/c18-17(19,20)13-1-3-15(12(9-13)10-21)22-11-14-2-4-16(27-14)28(24,25)23-5-7-26-8-6-23/h1-4,9,22H,5-8,11H2. The zero-order valence-corrected chi connectivity index (χ0v) is 16.1. The number of nitrogens with one attached hydrogen (secondary N) is 1. The molecule has 1 fully saturated rings. The molecule has 0 spiro atoms. The molecule has 2 heterocycles. The van der Waals surface area contributed by atoms with E-state index in [4.69, 9.17) is 10.00 Å². The van der Waals surface area contributed by atoms with Crippen LogP contribution in [0.3, 0.4) is 0 Å². The van der Waals surface area contributed by atoms with Crippen LogP contribution in [-0.4, -0.2) is 39.0 Å². The largest absolute Gasteiger partial charge is 0.416 e. The quantitative estimate of drug-likeness (QED) is 0.786. The summed E-state index contributed by atoms with van der Waals surface area (Å²) < 4.78 is 70.2. The molecular weight excluding hydrogens is 415 g/mol. The number of nitriles is 1. The van der Waals surface area contributed by atoms with Crippen molar-refractivity contribution < 1.29 is 26.3 Å². The molecule has 150 valence electrons. The third-order valence-electron chi connectivity index (χ3n) is 4.12. The molecule has 0 unspecified atom stereocenters. The van der Waals surface area contributed by atoms with Gasteiger partial charge in [0.15, 0.2) is 0 Å². The molecule has 0 amide bonds. The highest BCUT2D eigenvalue weighted by Gasteiger charge is 2.31. The number of thiophene rings is 1. The van der Waals surface area contributed by atoms with E-state index in [1.165, 1.54) is 16.4 Å². The highest BCUT2D eigenvalue weighted by molar-refractivity contribution is 7.91. The molecule has 3 rings (SSSR count). The molecule has 28 heavy (non-hydrogen) atoms. The maximum absolute atomic E-state index is 12.8. The lowest BCUT2D eigenvalue weighted by Gasteiger charge is -2.25. The molecule has 0 bridgehead atoms. The second-order valence-corrected chi connectivity index (χ2v) is 9.29. The monoisotopic (exact) mass is 431 g/mol. The van der Waals surface area contributed by atoms with Crippen LogP contribution in [0.1, 0.15) is 16.0 Å². The molecule has 0 radical (unpaired) electrons. The fourth-order valence-electron chi connectivity index (χ4n) is 2.66. The Bertz CT molecular complexity index is 991. The molecule has 1 aromatic carbocycles. The van der Waals surface area contributed by atoms with Crippen LogP contribution in [0.2, 0.25) is 0 Å². The minimum atomic E-state index is -4.53. The van der Waals surface area contributed by atoms with Crippen molar-refractivity contribution in [3.8, 4) is 6.07 Å². The molecule has 6 nitrogen and oxygen atoms in total. The van der Waals surface area contributed by atoms with Crippen molar-refractivity contribution in [1.29, 1.82) is 5.26 Å². The van der Waals surface area contributed by atoms with E-state index in [1.54, 1.807) is 12.1 Å². The van der Waals surface area contributed by atoms with Gasteiger partial charge in [-0.1, -0.05) is 0 Å². The van der Waals surface area contributed by atoms with Crippen molar-refractivity contribution in [2.45, 2.75) is 16.9 Å². The van der Waals surface area contributed by atoms with Gasteiger partial charge >= 0.3 is 6.18 Å². The Labute approximate surface area is 164 Å². The number of nitrogens with zero attached hydrogens (tertiary/aromatic N) is 2. The topological polar surface area (TPSA) is 82.4 Å². The lowest BCUT2D eigenvalue weighted by molar-refractivity contribution is -0.137. The molecule has 2 aromatic rings. The van der Waals surface area contributed by atoms with Crippen molar-refractivity contribution in [2.24, 2.45) is 0 Å². The third kappa shape index (κ3) is 4.47. The minimum absolute atomic E-state index is 0.132. The Kier molecular flexibility index (Phi) is 5.95. The van der Waals surface area contributed by atoms with Gasteiger partial charge in [-0.15, -0.1) is 11.3 Å². The second kappa shape index (κ2) is 8.08. The number of rotatable bonds is 5. The first kappa shape index (κ1) is 20.6. The summed E-state index contributed by atoms with van der Waals surface area (Å²) >= 11 is 1.08. The van der Waals surface area contributed by atoms with Crippen molar-refractivity contribution in [2.75, 3.05) is 31.6 Å². The van der Waals surface area contributed by atoms with E-state index in [0.717, 1.165) is 23.5 Å². The number of sulfonamides is 1. The minimum Gasteiger partial charge on any atom is -0.379 e. The van der Waals surface area contributed by atoms with Gasteiger partial charge in [0.2, 0.25) is 0 Å². The maximum Gasteiger partial charge on any atom is 0.416 e. The van der Waals surface area contributed by atoms with Crippen LogP contribution in [0, 0.1) is 11.3 Å². The number of benzene rings is 1. The Morgan fingerprint density at radius 3 is 2.57 bits per heavy atom. The highest BCUT2D eigenvalue weighted by atomic mass is 32.2. The molecular formula is C17H16F3N3O3S2. The van der Waals surface area contributed by atoms with Gasteiger partial charge in [0.05, 0.1) is 30.0 Å². The Morgan fingerprint density at radius 1 is 1.21 bits per heavy atom. The van der Waals surface area contributed by atoms with Crippen molar-refractivity contribution in [3.05, 3.63) is 46.3 Å². The van der Waals surface area contributed by atoms with Crippen LogP contribution >= 0.6 is 11.3 Å². The first-order chi connectivity index (χ1) is 13.2. The molecule has 1 aliphatic rings. The fraction of sp³-hybridized carbons (Fsp3) is 0.353. The number of anilines is 1. The molecule has 0 aliphatic carbocycles. The highest BCUT2D eigenvalue weighted by Crippen LogP contribution is 2.32. The summed E-state index contributed by atoms with van der Waals surface area (Å²) in [6.07, 6.45) is -4.53. The summed E-state index contributed by atoms with van der Waals surface area (Å²) in [5, 5.41) is 12.0. The molecule has 1 aliphatic heterocycles. The van der Waals surface area contributed by atoms with Gasteiger partial charge in [-0.05, 0) is 30.3 Å². The van der Waals surface area contributed by atoms with Gasteiger partial charge in [-0.3, -0.25) is 0 Å². The van der Waals surface area contributed by atoms with Crippen LogP contribution in [-0.2, 0) is 27.5 Å². The van der Waals surface area contributed by atoms with E-state index in [-0.39, 0.29) is 22.0 Å². The lowest BCUT2D eigenvalue weighted by Crippen LogP contribution is -2.40. The summed E-state index contributed by atoms with van der Waals surface area (Å²) in [6.45, 7) is 1.48. The van der Waals surface area contributed by atoms with Crippen LogP contribution in [0.25, 0.3) is 0 Å². The number of hydrogen-bond donors (Lipinski definition) is 1. The number of hydrogen-bond acceptors (Lipinski definition) is 6. The van der Waals surface area contributed by atoms with Gasteiger partial charge in [0, 0.05) is 24.5 Å². The Morgan fingerprint density at radius 2 is 1.93 bits per heavy atom. The zero-order valence-electron chi connectivity index (χ0n) is 14.5. The SMILES string of the molecule is N#Cc1cc(C(F)(F)F)ccc1NCc1ccc(S(=O)(=O)N2CCOCC2)s1. The fourth-order valence-corrected chi connectivity index (χ4v) is 5.51. The van der Waals surface area contributed by atoms with E-state index in [9.17, 15) is 21.6 Å². The van der Waals surface area contributed by atoms with Gasteiger partial charge in [-0.25, -0.2) is 8.42 Å². The summed E-state index contributed by atoms with van der Waals surface area (Å²) in [6, 6.07) is 7.76. The Balaban J connectivity index is 1.72. The van der Waals surface area contributed by atoms with Crippen LogP contribution in [0.4, 0.5) is 18.9 Å². The van der Waals surface area contributed by atoms with Crippen LogP contribution < -0.4 is 5.32 Å². The van der Waals surface area contributed by atoms with Crippen molar-refractivity contribution >= 4 is 27.0 Å². The Hall–Kier alpha value is -2.13. The van der Waals surface area contributed by atoms with Gasteiger partial charge < -0.3 is 10.1 Å². The first-order valence-corrected chi connectivity index (χ1v) is 10.5. The van der Waals surface area contributed by atoms with Gasteiger partial charge in [-0.2, -0.15) is 22.7 Å². The summed E-state index contributed by atoms with van der Waals surface area (Å²) in [5.74, 6) is 0. The zero-order chi connectivity index (χ0) is 20.4. The molecule has 0 saturated carbocycles. The average Bonchev–Trinajstić information content (AvgIpc) is 3.16. The summed E-state index contributed by atoms with van der Waals surface area (Å²) in [5.41, 5.74) is -0.779. The van der Waals surface area contributed by atoms with Crippen molar-refractivity contribution in [3.63, 3.8) is 0 Å². The molecule has 0 atom stereocenters. The van der Waals surface area contributed by atoms with E-state index < -0.39 is 21.8 Å². The van der Waals surface area contributed by atoms with E-state index in [0.29, 0.717) is 31.2 Å². The lowest BCUT2D eigenvalue weighted by atomic mass is 10.1. The van der Waals surface area contributed by atoms with Gasteiger partial charge in [0.1, 0.15) is 10.3 Å². The summed E-state index contributed by atoms with van der Waals surface area (Å²) in [7, 11) is -3.59. The smallest absolute Gasteiger partial charge is 0.379 e. The van der Waals surface area contributed by atoms with Gasteiger partial charge in [0.25, 0.3) is 10.0 Å². The van der Waals surface area contributed by atoms with Crippen molar-refractivity contribution in [1.82, 2.24) is 4.31 Å². The maximum atomic E-state index is 12.8. The molecule has 1 saturated heterocycles. The van der Waals surface area contributed by atoms with E-state index >= 15 is 0 Å². The number of ether oxygens (including phenoxy) is 1. The number of halogens is 3. The third-order valence-corrected chi connectivity index (χ3v) is 7.57. The average molecular weight is 431 g/mol. The normalized spacial score (nSPS) is 15.9. The van der Waals surface area contributed by atoms with E-state index in [1.807, 2.05) is 0 Å². The summed E-state index contributed by atoms with van der Waals surface area (Å²) in [4.78, 5) is 0.677. The van der Waals surface area contributed by atoms with E-state index in [2.05, 4.69) is 5.32 Å². The molecule has 1 aromatic heterocycles. The predicted molar refractivity (Wildman–Crippen MR) is 97.4 cm³/mol. The van der Waals surface area contributed by atoms with Crippen LogP contribution in [0.5, 0.6) is 0 Å². The molecule has 1 N–H and O–H groups in total. The number of morpholine rings is 1. The predicted octanol–water partition coefficient (Wildman–Crippen LogP) is 3.27. The second-order valence-electron chi connectivity index (χ2n) is 5.96. The molecule has 11 heteroatoms. The number of alkyl halides is 3. The van der Waals surface area contributed by atoms with Crippen LogP contribution in [0.15, 0.2) is 34.5 Å².